The van der Waals surface area contributed by atoms with Crippen molar-refractivity contribution in [2.24, 2.45) is 4.99 Å². The number of hydrogen-bond acceptors (Lipinski definition) is 4. The number of amides is 1. The molecule has 2 N–H and O–H groups in total. The SMILES string of the molecule is CCC1(C)CCSC(Nc2cccc(NC(C)=O)c2)=N1. The van der Waals surface area contributed by atoms with E-state index in [1.807, 2.05) is 24.3 Å². The predicted molar refractivity (Wildman–Crippen MR) is 87.6 cm³/mol. The molecule has 1 amide bonds. The molecule has 0 radical (unpaired) electrons. The Morgan fingerprint density at radius 3 is 2.90 bits per heavy atom. The van der Waals surface area contributed by atoms with Gasteiger partial charge in [-0.2, -0.15) is 0 Å². The number of benzene rings is 1. The summed E-state index contributed by atoms with van der Waals surface area (Å²) in [6.07, 6.45) is 2.16. The van der Waals surface area contributed by atoms with Gasteiger partial charge in [-0.3, -0.25) is 9.79 Å². The lowest BCUT2D eigenvalue weighted by molar-refractivity contribution is -0.114. The number of anilines is 2. The maximum atomic E-state index is 11.1. The van der Waals surface area contributed by atoms with E-state index in [2.05, 4.69) is 24.5 Å². The number of rotatable bonds is 3. The summed E-state index contributed by atoms with van der Waals surface area (Å²) in [5, 5.41) is 7.09. The molecular weight excluding hydrogens is 270 g/mol. The summed E-state index contributed by atoms with van der Waals surface area (Å²) in [6, 6.07) is 7.69. The molecule has 5 heteroatoms. The van der Waals surface area contributed by atoms with Gasteiger partial charge in [-0.25, -0.2) is 0 Å². The molecule has 20 heavy (non-hydrogen) atoms. The minimum absolute atomic E-state index is 0.0445. The molecule has 108 valence electrons. The molecule has 1 atom stereocenters. The highest BCUT2D eigenvalue weighted by atomic mass is 32.2. The van der Waals surface area contributed by atoms with Crippen molar-refractivity contribution >= 4 is 34.2 Å². The van der Waals surface area contributed by atoms with Crippen LogP contribution < -0.4 is 10.6 Å². The first-order valence-electron chi connectivity index (χ1n) is 6.88. The van der Waals surface area contributed by atoms with E-state index in [1.165, 1.54) is 6.92 Å². The molecule has 0 bridgehead atoms. The van der Waals surface area contributed by atoms with Gasteiger partial charge in [0.05, 0.1) is 5.54 Å². The Hall–Kier alpha value is -1.49. The number of nitrogens with zero attached hydrogens (tertiary/aromatic N) is 1. The Morgan fingerprint density at radius 1 is 1.45 bits per heavy atom. The predicted octanol–water partition coefficient (Wildman–Crippen LogP) is 3.72. The molecule has 1 aromatic carbocycles. The van der Waals surface area contributed by atoms with E-state index in [9.17, 15) is 4.79 Å². The van der Waals surface area contributed by atoms with E-state index in [1.54, 1.807) is 11.8 Å². The lowest BCUT2D eigenvalue weighted by Gasteiger charge is -2.29. The molecule has 1 unspecified atom stereocenters. The molecule has 0 aromatic heterocycles. The van der Waals surface area contributed by atoms with Gasteiger partial charge in [0.15, 0.2) is 5.17 Å². The quantitative estimate of drug-likeness (QED) is 0.892. The van der Waals surface area contributed by atoms with Gasteiger partial charge in [-0.1, -0.05) is 24.8 Å². The van der Waals surface area contributed by atoms with Crippen molar-refractivity contribution in [1.82, 2.24) is 0 Å². The first-order valence-corrected chi connectivity index (χ1v) is 7.87. The number of aliphatic imine (C=N–C) groups is 1. The van der Waals surface area contributed by atoms with Crippen LogP contribution in [-0.2, 0) is 4.79 Å². The minimum atomic E-state index is -0.0647. The topological polar surface area (TPSA) is 53.5 Å². The van der Waals surface area contributed by atoms with Gasteiger partial charge in [0.25, 0.3) is 0 Å². The number of hydrogen-bond donors (Lipinski definition) is 2. The maximum Gasteiger partial charge on any atom is 0.221 e. The number of thioether (sulfide) groups is 1. The first-order chi connectivity index (χ1) is 9.50. The molecule has 2 rings (SSSR count). The Balaban J connectivity index is 2.11. The van der Waals surface area contributed by atoms with Gasteiger partial charge in [0, 0.05) is 24.1 Å². The van der Waals surface area contributed by atoms with Crippen molar-refractivity contribution in [3.63, 3.8) is 0 Å². The second kappa shape index (κ2) is 6.31. The summed E-state index contributed by atoms with van der Waals surface area (Å²) in [4.78, 5) is 15.9. The molecule has 1 aliphatic rings. The van der Waals surface area contributed by atoms with Crippen LogP contribution in [0.4, 0.5) is 11.4 Å². The summed E-state index contributed by atoms with van der Waals surface area (Å²) in [6.45, 7) is 5.88. The number of nitrogens with one attached hydrogen (secondary N) is 2. The van der Waals surface area contributed by atoms with E-state index >= 15 is 0 Å². The van der Waals surface area contributed by atoms with E-state index in [0.29, 0.717) is 0 Å². The number of carbonyl (C=O) groups is 1. The second-order valence-corrected chi connectivity index (χ2v) is 6.34. The highest BCUT2D eigenvalue weighted by Crippen LogP contribution is 2.30. The van der Waals surface area contributed by atoms with Crippen LogP contribution in [-0.4, -0.2) is 22.4 Å². The maximum absolute atomic E-state index is 11.1. The fourth-order valence-corrected chi connectivity index (χ4v) is 3.23. The summed E-state index contributed by atoms with van der Waals surface area (Å²) in [7, 11) is 0. The largest absolute Gasteiger partial charge is 0.335 e. The Morgan fingerprint density at radius 2 is 2.20 bits per heavy atom. The average Bonchev–Trinajstić information content (AvgIpc) is 2.38. The van der Waals surface area contributed by atoms with Crippen LogP contribution in [0.25, 0.3) is 0 Å². The number of amidine groups is 1. The van der Waals surface area contributed by atoms with Crippen LogP contribution in [0.5, 0.6) is 0 Å². The fourth-order valence-electron chi connectivity index (χ4n) is 2.02. The number of carbonyl (C=O) groups excluding carboxylic acids is 1. The van der Waals surface area contributed by atoms with Gasteiger partial charge in [0.1, 0.15) is 0 Å². The van der Waals surface area contributed by atoms with Crippen molar-refractivity contribution in [2.45, 2.75) is 39.2 Å². The standard InChI is InChI=1S/C15H21N3OS/c1-4-15(3)8-9-20-14(18-15)17-13-7-5-6-12(10-13)16-11(2)19/h5-7,10H,4,8-9H2,1-3H3,(H,16,19)(H,17,18). The molecule has 0 aliphatic carbocycles. The molecule has 0 saturated carbocycles. The molecule has 1 aliphatic heterocycles. The van der Waals surface area contributed by atoms with Gasteiger partial charge in [-0.05, 0) is 38.0 Å². The molecule has 4 nitrogen and oxygen atoms in total. The van der Waals surface area contributed by atoms with Crippen LogP contribution in [0.3, 0.4) is 0 Å². The van der Waals surface area contributed by atoms with Gasteiger partial charge < -0.3 is 10.6 Å². The van der Waals surface area contributed by atoms with E-state index in [-0.39, 0.29) is 11.4 Å². The Bertz CT molecular complexity index is 530. The zero-order valence-corrected chi connectivity index (χ0v) is 13.0. The first kappa shape index (κ1) is 14.9. The van der Waals surface area contributed by atoms with Crippen LogP contribution in [0, 0.1) is 0 Å². The van der Waals surface area contributed by atoms with Crippen molar-refractivity contribution < 1.29 is 4.79 Å². The fraction of sp³-hybridized carbons (Fsp3) is 0.467. The third kappa shape index (κ3) is 4.00. The van der Waals surface area contributed by atoms with E-state index < -0.39 is 0 Å². The van der Waals surface area contributed by atoms with Crippen LogP contribution in [0.1, 0.15) is 33.6 Å². The van der Waals surface area contributed by atoms with Crippen molar-refractivity contribution in [3.8, 4) is 0 Å². The lowest BCUT2D eigenvalue weighted by Crippen LogP contribution is -2.29. The third-order valence-corrected chi connectivity index (χ3v) is 4.32. The summed E-state index contributed by atoms with van der Waals surface area (Å²) < 4.78 is 0. The monoisotopic (exact) mass is 291 g/mol. The molecule has 0 spiro atoms. The van der Waals surface area contributed by atoms with Crippen LogP contribution >= 0.6 is 11.8 Å². The average molecular weight is 291 g/mol. The molecule has 1 aromatic rings. The molecule has 0 saturated heterocycles. The highest BCUT2D eigenvalue weighted by Gasteiger charge is 2.25. The Kier molecular flexibility index (Phi) is 4.70. The summed E-state index contributed by atoms with van der Waals surface area (Å²) >= 11 is 1.75. The highest BCUT2D eigenvalue weighted by molar-refractivity contribution is 8.14. The second-order valence-electron chi connectivity index (χ2n) is 5.25. The van der Waals surface area contributed by atoms with Gasteiger partial charge in [-0.15, -0.1) is 0 Å². The van der Waals surface area contributed by atoms with E-state index in [4.69, 9.17) is 4.99 Å². The smallest absolute Gasteiger partial charge is 0.221 e. The molecule has 1 heterocycles. The van der Waals surface area contributed by atoms with E-state index in [0.717, 1.165) is 35.1 Å². The lowest BCUT2D eigenvalue weighted by atomic mass is 9.97. The minimum Gasteiger partial charge on any atom is -0.335 e. The van der Waals surface area contributed by atoms with Crippen molar-refractivity contribution in [3.05, 3.63) is 24.3 Å². The van der Waals surface area contributed by atoms with Crippen molar-refractivity contribution in [1.29, 1.82) is 0 Å². The molecular formula is C15H21N3OS. The summed E-state index contributed by atoms with van der Waals surface area (Å²) in [5.74, 6) is 1.02. The zero-order chi connectivity index (χ0) is 14.6. The van der Waals surface area contributed by atoms with Gasteiger partial charge in [0.2, 0.25) is 5.91 Å². The van der Waals surface area contributed by atoms with Gasteiger partial charge >= 0.3 is 0 Å². The van der Waals surface area contributed by atoms with Crippen LogP contribution in [0.15, 0.2) is 29.3 Å². The summed E-state index contributed by atoms with van der Waals surface area (Å²) in [5.41, 5.74) is 1.79. The van der Waals surface area contributed by atoms with Crippen molar-refractivity contribution in [2.75, 3.05) is 16.4 Å². The third-order valence-electron chi connectivity index (χ3n) is 3.45. The van der Waals surface area contributed by atoms with Crippen LogP contribution in [0.2, 0.25) is 0 Å². The zero-order valence-electron chi connectivity index (χ0n) is 12.2. The Labute approximate surface area is 124 Å². The molecule has 0 fully saturated rings. The normalized spacial score (nSPS) is 22.1.